The third-order valence-electron chi connectivity index (χ3n) is 4.90. The zero-order chi connectivity index (χ0) is 24.2. The second-order valence-corrected chi connectivity index (χ2v) is 8.90. The highest BCUT2D eigenvalue weighted by molar-refractivity contribution is 7.89. The van der Waals surface area contributed by atoms with Crippen LogP contribution in [-0.4, -0.2) is 51.2 Å². The average molecular weight is 477 g/mol. The van der Waals surface area contributed by atoms with Gasteiger partial charge in [0.05, 0.1) is 23.9 Å². The molecule has 3 rings (SSSR count). The minimum atomic E-state index is -3.75. The predicted molar refractivity (Wildman–Crippen MR) is 116 cm³/mol. The van der Waals surface area contributed by atoms with E-state index in [1.165, 1.54) is 30.9 Å². The molecule has 1 aromatic carbocycles. The number of aryl methyl sites for hydroxylation is 1. The number of rotatable bonds is 8. The summed E-state index contributed by atoms with van der Waals surface area (Å²) in [6.07, 6.45) is 1.27. The molecule has 0 saturated carbocycles. The molecule has 0 bridgehead atoms. The number of nitrogens with zero attached hydrogens (tertiary/aromatic N) is 1. The van der Waals surface area contributed by atoms with Gasteiger partial charge >= 0.3 is 18.0 Å². The molecule has 1 atom stereocenters. The zero-order valence-electron chi connectivity index (χ0n) is 18.2. The van der Waals surface area contributed by atoms with Gasteiger partial charge in [0.15, 0.2) is 0 Å². The summed E-state index contributed by atoms with van der Waals surface area (Å²) in [4.78, 5) is 37.5. The molecule has 176 valence electrons. The van der Waals surface area contributed by atoms with E-state index in [1.807, 2.05) is 0 Å². The number of benzene rings is 1. The Morgan fingerprint density at radius 3 is 2.48 bits per heavy atom. The van der Waals surface area contributed by atoms with Crippen LogP contribution in [0.1, 0.15) is 29.0 Å². The molecule has 11 nitrogen and oxygen atoms in total. The van der Waals surface area contributed by atoms with Crippen LogP contribution in [0.4, 0.5) is 4.79 Å². The Morgan fingerprint density at radius 2 is 1.85 bits per heavy atom. The smallest absolute Gasteiger partial charge is 0.355 e. The van der Waals surface area contributed by atoms with Crippen LogP contribution in [-0.2, 0) is 31.3 Å². The maximum atomic E-state index is 12.7. The third-order valence-corrected chi connectivity index (χ3v) is 6.28. The van der Waals surface area contributed by atoms with Gasteiger partial charge in [0.1, 0.15) is 17.2 Å². The first kappa shape index (κ1) is 24.0. The van der Waals surface area contributed by atoms with Crippen molar-refractivity contribution in [3.63, 3.8) is 0 Å². The van der Waals surface area contributed by atoms with E-state index in [2.05, 4.69) is 15.4 Å². The van der Waals surface area contributed by atoms with E-state index < -0.39 is 40.6 Å². The highest BCUT2D eigenvalue weighted by Gasteiger charge is 2.34. The molecule has 1 aliphatic heterocycles. The van der Waals surface area contributed by atoms with Gasteiger partial charge in [-0.2, -0.15) is 0 Å². The van der Waals surface area contributed by atoms with Crippen LogP contribution in [0.3, 0.4) is 0 Å². The van der Waals surface area contributed by atoms with Crippen LogP contribution < -0.4 is 15.4 Å². The number of carbonyl (C=O) groups excluding carboxylic acids is 3. The van der Waals surface area contributed by atoms with Gasteiger partial charge in [0.25, 0.3) is 0 Å². The summed E-state index contributed by atoms with van der Waals surface area (Å²) in [5, 5.41) is 5.18. The number of amides is 2. The fourth-order valence-electron chi connectivity index (χ4n) is 3.29. The first-order valence-corrected chi connectivity index (χ1v) is 11.5. The summed E-state index contributed by atoms with van der Waals surface area (Å²) in [6, 6.07) is 8.59. The minimum absolute atomic E-state index is 0.0259. The van der Waals surface area contributed by atoms with E-state index in [4.69, 9.17) is 9.47 Å². The molecule has 33 heavy (non-hydrogen) atoms. The molecular formula is C21H24N4O7S. The van der Waals surface area contributed by atoms with Gasteiger partial charge < -0.3 is 24.7 Å². The van der Waals surface area contributed by atoms with Crippen LogP contribution in [0.25, 0.3) is 0 Å². The Kier molecular flexibility index (Phi) is 7.19. The van der Waals surface area contributed by atoms with Gasteiger partial charge in [-0.25, -0.2) is 27.5 Å². The van der Waals surface area contributed by atoms with E-state index in [9.17, 15) is 22.8 Å². The van der Waals surface area contributed by atoms with Gasteiger partial charge in [-0.05, 0) is 25.6 Å². The van der Waals surface area contributed by atoms with Gasteiger partial charge in [-0.3, -0.25) is 0 Å². The summed E-state index contributed by atoms with van der Waals surface area (Å²) < 4.78 is 37.9. The molecule has 0 aliphatic carbocycles. The summed E-state index contributed by atoms with van der Waals surface area (Å²) >= 11 is 0. The van der Waals surface area contributed by atoms with Crippen molar-refractivity contribution in [2.45, 2.75) is 17.9 Å². The van der Waals surface area contributed by atoms with E-state index in [0.29, 0.717) is 5.56 Å². The van der Waals surface area contributed by atoms with E-state index in [-0.39, 0.29) is 28.5 Å². The van der Waals surface area contributed by atoms with Crippen molar-refractivity contribution in [2.24, 2.45) is 7.05 Å². The van der Waals surface area contributed by atoms with Crippen molar-refractivity contribution in [2.75, 3.05) is 20.3 Å². The Hall–Kier alpha value is -3.64. The number of sulfonamides is 1. The quantitative estimate of drug-likeness (QED) is 0.481. The molecule has 0 fully saturated rings. The van der Waals surface area contributed by atoms with E-state index in [1.54, 1.807) is 37.3 Å². The summed E-state index contributed by atoms with van der Waals surface area (Å²) in [6.45, 7) is 1.32. The second kappa shape index (κ2) is 9.88. The lowest BCUT2D eigenvalue weighted by Gasteiger charge is -2.29. The lowest BCUT2D eigenvalue weighted by atomic mass is 9.95. The number of nitrogens with one attached hydrogen (secondary N) is 3. The molecule has 2 aromatic rings. The molecule has 0 saturated heterocycles. The van der Waals surface area contributed by atoms with E-state index in [0.717, 1.165) is 0 Å². The topological polar surface area (TPSA) is 145 Å². The fraction of sp³-hybridized carbons (Fsp3) is 0.286. The zero-order valence-corrected chi connectivity index (χ0v) is 19.1. The fourth-order valence-corrected chi connectivity index (χ4v) is 4.09. The molecular weight excluding hydrogens is 452 g/mol. The van der Waals surface area contributed by atoms with Crippen molar-refractivity contribution in [3.05, 3.63) is 65.1 Å². The Labute approximate surface area is 190 Å². The Morgan fingerprint density at radius 1 is 1.15 bits per heavy atom. The third kappa shape index (κ3) is 5.23. The van der Waals surface area contributed by atoms with Crippen LogP contribution in [0.5, 0.6) is 0 Å². The van der Waals surface area contributed by atoms with Crippen molar-refractivity contribution in [3.8, 4) is 0 Å². The van der Waals surface area contributed by atoms with Crippen molar-refractivity contribution >= 4 is 28.0 Å². The highest BCUT2D eigenvalue weighted by Crippen LogP contribution is 2.28. The molecule has 0 radical (unpaired) electrons. The summed E-state index contributed by atoms with van der Waals surface area (Å²) in [5.41, 5.74) is 0.781. The molecule has 0 spiro atoms. The van der Waals surface area contributed by atoms with Crippen molar-refractivity contribution in [1.82, 2.24) is 19.9 Å². The largest absolute Gasteiger partial charge is 0.463 e. The second-order valence-electron chi connectivity index (χ2n) is 7.01. The standard InChI is InChI=1S/C21H24N4O7S/c1-4-31-20(27)17-15(23-21(28)24-18(17)13-8-6-5-7-9-13)12-32-19(26)16-10-14(11-25(16)3)33(29,30)22-2/h5-11,18,22H,4,12H2,1-3H3,(H2,23,24,28). The summed E-state index contributed by atoms with van der Waals surface area (Å²) in [7, 11) is -1.01. The van der Waals surface area contributed by atoms with Gasteiger partial charge in [0, 0.05) is 13.2 Å². The Bertz CT molecular complexity index is 1200. The average Bonchev–Trinajstić information content (AvgIpc) is 3.20. The molecule has 2 amide bonds. The highest BCUT2D eigenvalue weighted by atomic mass is 32.2. The summed E-state index contributed by atoms with van der Waals surface area (Å²) in [5.74, 6) is -1.51. The van der Waals surface area contributed by atoms with Gasteiger partial charge in [-0.15, -0.1) is 0 Å². The molecule has 1 unspecified atom stereocenters. The number of ether oxygens (including phenoxy) is 2. The number of hydrogen-bond donors (Lipinski definition) is 3. The lowest BCUT2D eigenvalue weighted by Crippen LogP contribution is -2.47. The normalized spacial score (nSPS) is 16.1. The van der Waals surface area contributed by atoms with Gasteiger partial charge in [-0.1, -0.05) is 30.3 Å². The molecule has 1 aromatic heterocycles. The minimum Gasteiger partial charge on any atom is -0.463 e. The monoisotopic (exact) mass is 476 g/mol. The van der Waals surface area contributed by atoms with Crippen LogP contribution in [0.2, 0.25) is 0 Å². The molecule has 12 heteroatoms. The number of urea groups is 1. The van der Waals surface area contributed by atoms with Gasteiger partial charge in [0.2, 0.25) is 10.0 Å². The lowest BCUT2D eigenvalue weighted by molar-refractivity contribution is -0.139. The number of carbonyl (C=O) groups is 3. The maximum absolute atomic E-state index is 12.7. The first-order valence-electron chi connectivity index (χ1n) is 9.97. The van der Waals surface area contributed by atoms with Crippen molar-refractivity contribution < 1.29 is 32.3 Å². The molecule has 2 heterocycles. The van der Waals surface area contributed by atoms with Crippen molar-refractivity contribution in [1.29, 1.82) is 0 Å². The van der Waals surface area contributed by atoms with Crippen LogP contribution in [0, 0.1) is 0 Å². The molecule has 3 N–H and O–H groups in total. The SMILES string of the molecule is CCOC(=O)C1=C(COC(=O)c2cc(S(=O)(=O)NC)cn2C)NC(=O)NC1c1ccccc1. The molecule has 1 aliphatic rings. The first-order chi connectivity index (χ1) is 15.7. The number of aromatic nitrogens is 1. The Balaban J connectivity index is 1.91. The van der Waals surface area contributed by atoms with E-state index >= 15 is 0 Å². The van der Waals surface area contributed by atoms with Crippen LogP contribution in [0.15, 0.2) is 58.8 Å². The maximum Gasteiger partial charge on any atom is 0.355 e. The number of esters is 2. The van der Waals surface area contributed by atoms with Crippen LogP contribution >= 0.6 is 0 Å². The predicted octanol–water partition coefficient (Wildman–Crippen LogP) is 0.961. The number of hydrogen-bond acceptors (Lipinski definition) is 7.